The Hall–Kier alpha value is -2.29. The van der Waals surface area contributed by atoms with E-state index in [4.69, 9.17) is 4.74 Å². The summed E-state index contributed by atoms with van der Waals surface area (Å²) in [5.74, 6) is 0.491. The van der Waals surface area contributed by atoms with E-state index in [1.165, 1.54) is 5.56 Å². The SMILES string of the molecule is Cc1ccc(Oc2ccc(C(C)C)c(C)c2)c(C(=O)O)c1. The van der Waals surface area contributed by atoms with Crippen LogP contribution >= 0.6 is 0 Å². The molecule has 0 fully saturated rings. The van der Waals surface area contributed by atoms with Gasteiger partial charge >= 0.3 is 5.97 Å². The lowest BCUT2D eigenvalue weighted by Crippen LogP contribution is -2.01. The summed E-state index contributed by atoms with van der Waals surface area (Å²) in [5.41, 5.74) is 3.49. The molecule has 0 aliphatic heterocycles. The van der Waals surface area contributed by atoms with Gasteiger partial charge in [0.1, 0.15) is 17.1 Å². The molecule has 3 heteroatoms. The number of hydrogen-bond acceptors (Lipinski definition) is 2. The zero-order valence-corrected chi connectivity index (χ0v) is 12.8. The molecule has 0 aliphatic rings. The molecule has 2 aromatic rings. The number of carbonyl (C=O) groups is 1. The average molecular weight is 284 g/mol. The summed E-state index contributed by atoms with van der Waals surface area (Å²) in [6, 6.07) is 11.0. The Labute approximate surface area is 125 Å². The summed E-state index contributed by atoms with van der Waals surface area (Å²) in [5, 5.41) is 9.26. The molecular weight excluding hydrogens is 264 g/mol. The van der Waals surface area contributed by atoms with Gasteiger partial charge in [0.15, 0.2) is 0 Å². The smallest absolute Gasteiger partial charge is 0.339 e. The van der Waals surface area contributed by atoms with Crippen LogP contribution in [0, 0.1) is 13.8 Å². The fourth-order valence-corrected chi connectivity index (χ4v) is 2.39. The second-order valence-electron chi connectivity index (χ2n) is 5.58. The monoisotopic (exact) mass is 284 g/mol. The van der Waals surface area contributed by atoms with E-state index in [1.54, 1.807) is 12.1 Å². The minimum Gasteiger partial charge on any atom is -0.478 e. The summed E-state index contributed by atoms with van der Waals surface area (Å²) in [6.07, 6.45) is 0. The topological polar surface area (TPSA) is 46.5 Å². The van der Waals surface area contributed by atoms with Crippen molar-refractivity contribution in [1.29, 1.82) is 0 Å². The molecule has 1 N–H and O–H groups in total. The van der Waals surface area contributed by atoms with Gasteiger partial charge in [0, 0.05) is 0 Å². The van der Waals surface area contributed by atoms with Crippen LogP contribution < -0.4 is 4.74 Å². The molecule has 3 nitrogen and oxygen atoms in total. The lowest BCUT2D eigenvalue weighted by molar-refractivity contribution is 0.0694. The van der Waals surface area contributed by atoms with Gasteiger partial charge in [-0.25, -0.2) is 4.79 Å². The van der Waals surface area contributed by atoms with Crippen LogP contribution in [0.5, 0.6) is 11.5 Å². The van der Waals surface area contributed by atoms with E-state index < -0.39 is 5.97 Å². The van der Waals surface area contributed by atoms with Crippen molar-refractivity contribution < 1.29 is 14.6 Å². The van der Waals surface area contributed by atoms with Crippen LogP contribution in [0.15, 0.2) is 36.4 Å². The second-order valence-corrected chi connectivity index (χ2v) is 5.58. The number of hydrogen-bond donors (Lipinski definition) is 1. The van der Waals surface area contributed by atoms with E-state index in [9.17, 15) is 9.90 Å². The Morgan fingerprint density at radius 3 is 2.38 bits per heavy atom. The third kappa shape index (κ3) is 3.43. The number of carboxylic acids is 1. The van der Waals surface area contributed by atoms with Crippen LogP contribution in [-0.4, -0.2) is 11.1 Å². The van der Waals surface area contributed by atoms with Gasteiger partial charge in [0.05, 0.1) is 0 Å². The molecule has 0 amide bonds. The van der Waals surface area contributed by atoms with Crippen molar-refractivity contribution in [2.24, 2.45) is 0 Å². The van der Waals surface area contributed by atoms with Crippen molar-refractivity contribution in [2.75, 3.05) is 0 Å². The standard InChI is InChI=1S/C18H20O3/c1-11(2)15-7-6-14(10-13(15)4)21-17-8-5-12(3)9-16(17)18(19)20/h5-11H,1-4H3,(H,19,20). The quantitative estimate of drug-likeness (QED) is 0.867. The third-order valence-corrected chi connectivity index (χ3v) is 3.46. The molecule has 0 aromatic heterocycles. The Morgan fingerprint density at radius 2 is 1.81 bits per heavy atom. The van der Waals surface area contributed by atoms with Crippen molar-refractivity contribution >= 4 is 5.97 Å². The van der Waals surface area contributed by atoms with Gasteiger partial charge in [0.25, 0.3) is 0 Å². The third-order valence-electron chi connectivity index (χ3n) is 3.46. The molecule has 0 heterocycles. The Balaban J connectivity index is 2.35. The molecule has 0 atom stereocenters. The number of rotatable bonds is 4. The van der Waals surface area contributed by atoms with Crippen molar-refractivity contribution in [1.82, 2.24) is 0 Å². The molecule has 110 valence electrons. The minimum atomic E-state index is -0.982. The van der Waals surface area contributed by atoms with Crippen molar-refractivity contribution in [3.05, 3.63) is 58.7 Å². The van der Waals surface area contributed by atoms with E-state index in [2.05, 4.69) is 13.8 Å². The molecule has 0 aliphatic carbocycles. The summed E-state index contributed by atoms with van der Waals surface area (Å²) >= 11 is 0. The van der Waals surface area contributed by atoms with Crippen molar-refractivity contribution in [3.63, 3.8) is 0 Å². The first-order valence-electron chi connectivity index (χ1n) is 7.01. The number of aromatic carboxylic acids is 1. The minimum absolute atomic E-state index is 0.181. The van der Waals surface area contributed by atoms with Gasteiger partial charge in [-0.2, -0.15) is 0 Å². The van der Waals surface area contributed by atoms with Crippen LogP contribution in [-0.2, 0) is 0 Å². The number of carboxylic acid groups (broad SMARTS) is 1. The van der Waals surface area contributed by atoms with Crippen LogP contribution in [0.3, 0.4) is 0 Å². The molecule has 0 radical (unpaired) electrons. The zero-order valence-electron chi connectivity index (χ0n) is 12.8. The van der Waals surface area contributed by atoms with Gasteiger partial charge in [-0.05, 0) is 55.2 Å². The predicted molar refractivity (Wildman–Crippen MR) is 83.5 cm³/mol. The normalized spacial score (nSPS) is 10.7. The molecule has 2 aromatic carbocycles. The van der Waals surface area contributed by atoms with E-state index >= 15 is 0 Å². The second kappa shape index (κ2) is 6.00. The maximum atomic E-state index is 11.3. The fourth-order valence-electron chi connectivity index (χ4n) is 2.39. The van der Waals surface area contributed by atoms with E-state index in [0.29, 0.717) is 17.4 Å². The van der Waals surface area contributed by atoms with E-state index in [1.807, 2.05) is 38.1 Å². The first-order chi connectivity index (χ1) is 9.88. The molecule has 2 rings (SSSR count). The fraction of sp³-hybridized carbons (Fsp3) is 0.278. The van der Waals surface area contributed by atoms with Crippen molar-refractivity contribution in [3.8, 4) is 11.5 Å². The Kier molecular flexibility index (Phi) is 4.32. The first kappa shape index (κ1) is 15.1. The zero-order chi connectivity index (χ0) is 15.6. The van der Waals surface area contributed by atoms with Gasteiger partial charge < -0.3 is 9.84 Å². The van der Waals surface area contributed by atoms with Crippen LogP contribution in [0.4, 0.5) is 0 Å². The van der Waals surface area contributed by atoms with Crippen molar-refractivity contribution in [2.45, 2.75) is 33.6 Å². The molecular formula is C18H20O3. The lowest BCUT2D eigenvalue weighted by atomic mass is 9.98. The molecule has 0 saturated heterocycles. The van der Waals surface area contributed by atoms with Gasteiger partial charge in [-0.3, -0.25) is 0 Å². The average Bonchev–Trinajstić information content (AvgIpc) is 2.40. The number of aryl methyl sites for hydroxylation is 2. The molecule has 0 saturated carbocycles. The highest BCUT2D eigenvalue weighted by atomic mass is 16.5. The maximum absolute atomic E-state index is 11.3. The van der Waals surface area contributed by atoms with Crippen LogP contribution in [0.2, 0.25) is 0 Å². The number of ether oxygens (including phenoxy) is 1. The van der Waals surface area contributed by atoms with Crippen LogP contribution in [0.25, 0.3) is 0 Å². The Morgan fingerprint density at radius 1 is 1.10 bits per heavy atom. The van der Waals surface area contributed by atoms with E-state index in [-0.39, 0.29) is 5.56 Å². The first-order valence-corrected chi connectivity index (χ1v) is 7.01. The van der Waals surface area contributed by atoms with Gasteiger partial charge in [0.2, 0.25) is 0 Å². The highest BCUT2D eigenvalue weighted by Gasteiger charge is 2.13. The number of benzene rings is 2. The molecule has 0 spiro atoms. The maximum Gasteiger partial charge on any atom is 0.339 e. The predicted octanol–water partition coefficient (Wildman–Crippen LogP) is 4.92. The summed E-state index contributed by atoms with van der Waals surface area (Å²) in [4.78, 5) is 11.3. The summed E-state index contributed by atoms with van der Waals surface area (Å²) < 4.78 is 5.76. The Bertz CT molecular complexity index is 672. The molecule has 21 heavy (non-hydrogen) atoms. The summed E-state index contributed by atoms with van der Waals surface area (Å²) in [6.45, 7) is 8.18. The summed E-state index contributed by atoms with van der Waals surface area (Å²) in [7, 11) is 0. The highest BCUT2D eigenvalue weighted by Crippen LogP contribution is 2.29. The van der Waals surface area contributed by atoms with Crippen LogP contribution in [0.1, 0.15) is 46.8 Å². The molecule has 0 unspecified atom stereocenters. The molecule has 0 bridgehead atoms. The van der Waals surface area contributed by atoms with E-state index in [0.717, 1.165) is 11.1 Å². The van der Waals surface area contributed by atoms with Gasteiger partial charge in [-0.1, -0.05) is 31.5 Å². The van der Waals surface area contributed by atoms with Gasteiger partial charge in [-0.15, -0.1) is 0 Å². The lowest BCUT2D eigenvalue weighted by Gasteiger charge is -2.13. The highest BCUT2D eigenvalue weighted by molar-refractivity contribution is 5.91. The largest absolute Gasteiger partial charge is 0.478 e.